The van der Waals surface area contributed by atoms with Crippen LogP contribution < -0.4 is 23.7 Å². The van der Waals surface area contributed by atoms with Crippen molar-refractivity contribution in [3.63, 3.8) is 0 Å². The number of carbonyl (C=O) groups is 1. The molecule has 282 valence electrons. The monoisotopic (exact) mass is 750 g/mol. The molecule has 0 aromatic heterocycles. The number of ether oxygens (including phenoxy) is 5. The van der Waals surface area contributed by atoms with Gasteiger partial charge in [0, 0.05) is 16.8 Å². The van der Waals surface area contributed by atoms with Gasteiger partial charge in [0.2, 0.25) is 5.78 Å². The lowest BCUT2D eigenvalue weighted by Gasteiger charge is -2.20. The predicted octanol–water partition coefficient (Wildman–Crippen LogP) is 11.9. The van der Waals surface area contributed by atoms with Gasteiger partial charge >= 0.3 is 0 Å². The molecule has 0 aliphatic heterocycles. The topological polar surface area (TPSA) is 63.2 Å². The fourth-order valence-corrected chi connectivity index (χ4v) is 7.00. The van der Waals surface area contributed by atoms with Crippen LogP contribution in [0, 0.1) is 6.92 Å². The third-order valence-corrected chi connectivity index (χ3v) is 9.91. The predicted molar refractivity (Wildman–Crippen MR) is 226 cm³/mol. The molecule has 0 aliphatic rings. The quantitative estimate of drug-likeness (QED) is 0.0972. The second kappa shape index (κ2) is 17.2. The van der Waals surface area contributed by atoms with E-state index >= 15 is 4.79 Å². The Labute approximate surface area is 332 Å². The van der Waals surface area contributed by atoms with Crippen LogP contribution in [0.4, 0.5) is 0 Å². The summed E-state index contributed by atoms with van der Waals surface area (Å²) in [7, 11) is 1.63. The lowest BCUT2D eigenvalue weighted by molar-refractivity contribution is 0.103. The zero-order valence-corrected chi connectivity index (χ0v) is 31.9. The van der Waals surface area contributed by atoms with Gasteiger partial charge < -0.3 is 23.7 Å². The number of rotatable bonds is 15. The van der Waals surface area contributed by atoms with Crippen LogP contribution in [0.2, 0.25) is 0 Å². The molecule has 0 bridgehead atoms. The zero-order chi connectivity index (χ0) is 39.0. The standard InChI is InChI=1S/C51H42O6/c1-35-25-43(55-32-37-17-9-4-10-18-37)29-45-49(35)47(53-2)30-48(57-34-39-21-13-6-14-22-39)50(45)51(52)44-27-40-23-24-42(54-31-36-15-7-3-8-16-36)26-41(40)28-46(44)56-33-38-19-11-5-12-20-38/h3-30H,31-34H2,1-2H3. The van der Waals surface area contributed by atoms with E-state index in [1.54, 1.807) is 7.11 Å². The van der Waals surface area contributed by atoms with Gasteiger partial charge in [-0.3, -0.25) is 4.79 Å². The van der Waals surface area contributed by atoms with E-state index in [2.05, 4.69) is 0 Å². The summed E-state index contributed by atoms with van der Waals surface area (Å²) < 4.78 is 31.6. The summed E-state index contributed by atoms with van der Waals surface area (Å²) in [5, 5.41) is 3.20. The van der Waals surface area contributed by atoms with E-state index in [0.29, 0.717) is 52.7 Å². The van der Waals surface area contributed by atoms with Gasteiger partial charge in [-0.05, 0) is 81.9 Å². The van der Waals surface area contributed by atoms with Crippen LogP contribution in [-0.2, 0) is 26.4 Å². The molecule has 57 heavy (non-hydrogen) atoms. The normalized spacial score (nSPS) is 11.0. The molecule has 0 spiro atoms. The van der Waals surface area contributed by atoms with E-state index in [1.807, 2.05) is 177 Å². The number of aryl methyl sites for hydroxylation is 1. The number of hydrogen-bond acceptors (Lipinski definition) is 6. The van der Waals surface area contributed by atoms with Crippen LogP contribution in [0.25, 0.3) is 21.5 Å². The van der Waals surface area contributed by atoms with Gasteiger partial charge in [-0.15, -0.1) is 0 Å². The minimum Gasteiger partial charge on any atom is -0.496 e. The number of ketones is 1. The highest BCUT2D eigenvalue weighted by molar-refractivity contribution is 6.21. The second-order valence-corrected chi connectivity index (χ2v) is 13.9. The van der Waals surface area contributed by atoms with Gasteiger partial charge in [-0.1, -0.05) is 127 Å². The number of carbonyl (C=O) groups excluding carboxylic acids is 1. The Balaban J connectivity index is 1.25. The first kappa shape index (κ1) is 36.9. The first-order valence-corrected chi connectivity index (χ1v) is 19.0. The average Bonchev–Trinajstić information content (AvgIpc) is 3.26. The first-order valence-electron chi connectivity index (χ1n) is 19.0. The molecule has 0 heterocycles. The zero-order valence-electron chi connectivity index (χ0n) is 31.9. The molecule has 0 unspecified atom stereocenters. The summed E-state index contributed by atoms with van der Waals surface area (Å²) in [6.07, 6.45) is 0. The Morgan fingerprint density at radius 1 is 0.456 bits per heavy atom. The molecule has 0 atom stereocenters. The van der Waals surface area contributed by atoms with Gasteiger partial charge in [0.25, 0.3) is 0 Å². The van der Waals surface area contributed by atoms with E-state index < -0.39 is 0 Å². The summed E-state index contributed by atoms with van der Waals surface area (Å²) in [5.74, 6) is 2.53. The van der Waals surface area contributed by atoms with Gasteiger partial charge in [0.15, 0.2) is 0 Å². The SMILES string of the molecule is COc1cc(OCc2ccccc2)c(C(=O)c2cc3ccc(OCc4ccccc4)cc3cc2OCc2ccccc2)c2cc(OCc3ccccc3)cc(C)c12. The van der Waals surface area contributed by atoms with Gasteiger partial charge in [0.1, 0.15) is 55.2 Å². The van der Waals surface area contributed by atoms with E-state index in [-0.39, 0.29) is 19.0 Å². The van der Waals surface area contributed by atoms with Crippen LogP contribution in [0.15, 0.2) is 170 Å². The molecule has 0 fully saturated rings. The number of hydrogen-bond donors (Lipinski definition) is 0. The molecule has 0 N–H and O–H groups in total. The number of methoxy groups -OCH3 is 1. The third-order valence-electron chi connectivity index (χ3n) is 9.91. The maximum atomic E-state index is 15.4. The van der Waals surface area contributed by atoms with Crippen molar-refractivity contribution in [2.24, 2.45) is 0 Å². The largest absolute Gasteiger partial charge is 0.496 e. The molecular formula is C51H42O6. The molecule has 0 saturated heterocycles. The number of benzene rings is 8. The van der Waals surface area contributed by atoms with Crippen molar-refractivity contribution in [3.05, 3.63) is 209 Å². The van der Waals surface area contributed by atoms with Crippen molar-refractivity contribution in [3.8, 4) is 28.7 Å². The van der Waals surface area contributed by atoms with Crippen molar-refractivity contribution in [1.29, 1.82) is 0 Å². The third kappa shape index (κ3) is 8.61. The maximum Gasteiger partial charge on any atom is 0.201 e. The lowest BCUT2D eigenvalue weighted by Crippen LogP contribution is -2.10. The summed E-state index contributed by atoms with van der Waals surface area (Å²) in [4.78, 5) is 15.4. The molecule has 8 aromatic rings. The Hall–Kier alpha value is -7.05. The fraction of sp³-hybridized carbons (Fsp3) is 0.118. The van der Waals surface area contributed by atoms with Crippen molar-refractivity contribution in [2.75, 3.05) is 7.11 Å². The van der Waals surface area contributed by atoms with Crippen LogP contribution in [0.1, 0.15) is 43.7 Å². The molecule has 0 amide bonds. The summed E-state index contributed by atoms with van der Waals surface area (Å²) >= 11 is 0. The van der Waals surface area contributed by atoms with Crippen molar-refractivity contribution in [1.82, 2.24) is 0 Å². The molecule has 0 saturated carbocycles. The Bertz CT molecular complexity index is 2620. The highest BCUT2D eigenvalue weighted by atomic mass is 16.5. The summed E-state index contributed by atoms with van der Waals surface area (Å²) in [5.41, 5.74) is 5.75. The van der Waals surface area contributed by atoms with E-state index in [0.717, 1.165) is 49.7 Å². The van der Waals surface area contributed by atoms with E-state index in [1.165, 1.54) is 0 Å². The number of fused-ring (bicyclic) bond motifs is 2. The van der Waals surface area contributed by atoms with Gasteiger partial charge in [-0.25, -0.2) is 0 Å². The van der Waals surface area contributed by atoms with Crippen molar-refractivity contribution in [2.45, 2.75) is 33.4 Å². The van der Waals surface area contributed by atoms with Crippen molar-refractivity contribution >= 4 is 27.3 Å². The smallest absolute Gasteiger partial charge is 0.201 e. The Morgan fingerprint density at radius 3 is 1.51 bits per heavy atom. The van der Waals surface area contributed by atoms with Gasteiger partial charge in [-0.2, -0.15) is 0 Å². The van der Waals surface area contributed by atoms with E-state index in [9.17, 15) is 0 Å². The summed E-state index contributed by atoms with van der Waals surface area (Å²) in [6, 6.07) is 55.3. The molecule has 8 rings (SSSR count). The van der Waals surface area contributed by atoms with Crippen LogP contribution in [-0.4, -0.2) is 12.9 Å². The minimum absolute atomic E-state index is 0.250. The molecule has 6 heteroatoms. The minimum atomic E-state index is -0.250. The highest BCUT2D eigenvalue weighted by Crippen LogP contribution is 2.43. The van der Waals surface area contributed by atoms with Crippen LogP contribution >= 0.6 is 0 Å². The summed E-state index contributed by atoms with van der Waals surface area (Å²) in [6.45, 7) is 3.33. The van der Waals surface area contributed by atoms with Crippen LogP contribution in [0.3, 0.4) is 0 Å². The van der Waals surface area contributed by atoms with Gasteiger partial charge in [0.05, 0.1) is 18.2 Å². The molecule has 0 aliphatic carbocycles. The maximum absolute atomic E-state index is 15.4. The Kier molecular flexibility index (Phi) is 11.1. The lowest BCUT2D eigenvalue weighted by atomic mass is 9.92. The average molecular weight is 751 g/mol. The fourth-order valence-electron chi connectivity index (χ4n) is 7.00. The molecule has 8 aromatic carbocycles. The highest BCUT2D eigenvalue weighted by Gasteiger charge is 2.26. The Morgan fingerprint density at radius 2 is 0.965 bits per heavy atom. The van der Waals surface area contributed by atoms with E-state index in [4.69, 9.17) is 23.7 Å². The molecule has 6 nitrogen and oxygen atoms in total. The molecular weight excluding hydrogens is 709 g/mol. The van der Waals surface area contributed by atoms with Crippen LogP contribution in [0.5, 0.6) is 28.7 Å². The second-order valence-electron chi connectivity index (χ2n) is 13.9. The molecule has 0 radical (unpaired) electrons. The van der Waals surface area contributed by atoms with Crippen molar-refractivity contribution < 1.29 is 28.5 Å². The first-order chi connectivity index (χ1) is 28.0.